The van der Waals surface area contributed by atoms with Gasteiger partial charge in [-0.05, 0) is 41.0 Å². The maximum absolute atomic E-state index is 12.7. The van der Waals surface area contributed by atoms with Crippen molar-refractivity contribution in [3.8, 4) is 17.2 Å². The lowest BCUT2D eigenvalue weighted by molar-refractivity contribution is -0.127. The minimum atomic E-state index is 0.0142. The molecule has 3 aliphatic heterocycles. The third-order valence-corrected chi connectivity index (χ3v) is 6.16. The van der Waals surface area contributed by atoms with Crippen molar-refractivity contribution in [3.63, 3.8) is 0 Å². The fourth-order valence-corrected chi connectivity index (χ4v) is 4.50. The van der Waals surface area contributed by atoms with Crippen LogP contribution in [-0.2, 0) is 17.8 Å². The lowest BCUT2D eigenvalue weighted by Gasteiger charge is -2.34. The fourth-order valence-electron chi connectivity index (χ4n) is 4.22. The number of hydrogen-bond donors (Lipinski definition) is 0. The summed E-state index contributed by atoms with van der Waals surface area (Å²) < 4.78 is 16.7. The van der Waals surface area contributed by atoms with Gasteiger partial charge >= 0.3 is 0 Å². The van der Waals surface area contributed by atoms with Gasteiger partial charge in [-0.2, -0.15) is 0 Å². The molecule has 0 aliphatic carbocycles. The van der Waals surface area contributed by atoms with Gasteiger partial charge in [0, 0.05) is 45.2 Å². The molecule has 31 heavy (non-hydrogen) atoms. The van der Waals surface area contributed by atoms with E-state index < -0.39 is 0 Å². The van der Waals surface area contributed by atoms with Gasteiger partial charge in [-0.25, -0.2) is 0 Å². The zero-order chi connectivity index (χ0) is 21.2. The van der Waals surface area contributed by atoms with Crippen molar-refractivity contribution in [2.24, 2.45) is 0 Å². The van der Waals surface area contributed by atoms with Crippen LogP contribution in [-0.4, -0.2) is 61.7 Å². The van der Waals surface area contributed by atoms with Crippen LogP contribution < -0.4 is 14.2 Å². The second kappa shape index (κ2) is 8.81. The highest BCUT2D eigenvalue weighted by Crippen LogP contribution is 2.38. The molecule has 2 aromatic rings. The van der Waals surface area contributed by atoms with Crippen molar-refractivity contribution in [2.75, 3.05) is 46.0 Å². The predicted octanol–water partition coefficient (Wildman–Crippen LogP) is 3.40. The number of carbonyl (C=O) groups is 1. The first-order chi connectivity index (χ1) is 15.2. The van der Waals surface area contributed by atoms with Gasteiger partial charge in [0.05, 0.1) is 11.6 Å². The first-order valence-electron chi connectivity index (χ1n) is 10.7. The Hall–Kier alpha value is -2.70. The Morgan fingerprint density at radius 2 is 1.77 bits per heavy atom. The van der Waals surface area contributed by atoms with Crippen molar-refractivity contribution in [3.05, 3.63) is 58.1 Å². The molecular formula is C24H25ClN2O4. The van der Waals surface area contributed by atoms with Crippen molar-refractivity contribution in [2.45, 2.75) is 13.0 Å². The number of benzene rings is 2. The quantitative estimate of drug-likeness (QED) is 0.682. The number of rotatable bonds is 4. The smallest absolute Gasteiger partial charge is 0.246 e. The van der Waals surface area contributed by atoms with Crippen molar-refractivity contribution >= 4 is 23.6 Å². The predicted molar refractivity (Wildman–Crippen MR) is 119 cm³/mol. The van der Waals surface area contributed by atoms with Gasteiger partial charge in [0.2, 0.25) is 5.91 Å². The molecule has 0 bridgehead atoms. The Kier molecular flexibility index (Phi) is 5.74. The van der Waals surface area contributed by atoms with E-state index in [4.69, 9.17) is 25.8 Å². The molecule has 0 radical (unpaired) electrons. The highest BCUT2D eigenvalue weighted by molar-refractivity contribution is 6.32. The van der Waals surface area contributed by atoms with Gasteiger partial charge in [-0.1, -0.05) is 23.7 Å². The van der Waals surface area contributed by atoms with E-state index in [0.29, 0.717) is 29.7 Å². The molecule has 0 unspecified atom stereocenters. The number of nitrogens with zero attached hydrogens (tertiary/aromatic N) is 2. The minimum Gasteiger partial charge on any atom is -0.493 e. The SMILES string of the molecule is O=C(/C=C/c1cc(Cl)c2c(c1)OCCO2)N1CCN(Cc2ccc3c(c2)CCO3)CC1. The summed E-state index contributed by atoms with van der Waals surface area (Å²) in [5.74, 6) is 2.23. The van der Waals surface area contributed by atoms with Crippen LogP contribution in [0, 0.1) is 0 Å². The Morgan fingerprint density at radius 1 is 0.968 bits per heavy atom. The molecule has 0 atom stereocenters. The second-order valence-corrected chi connectivity index (χ2v) is 8.41. The summed E-state index contributed by atoms with van der Waals surface area (Å²) in [6, 6.07) is 10.1. The number of piperazine rings is 1. The third kappa shape index (κ3) is 4.50. The van der Waals surface area contributed by atoms with E-state index >= 15 is 0 Å². The molecule has 0 aromatic heterocycles. The number of amides is 1. The zero-order valence-corrected chi connectivity index (χ0v) is 18.1. The summed E-state index contributed by atoms with van der Waals surface area (Å²) in [6.07, 6.45) is 4.38. The standard InChI is InChI=1S/C24H25ClN2O4/c25-20-14-17(15-22-24(20)31-12-11-30-22)2-4-23(28)27-8-6-26(7-9-27)16-18-1-3-21-19(13-18)5-10-29-21/h1-4,13-15H,5-12,16H2/b4-2+. The van der Waals surface area contributed by atoms with Gasteiger partial charge in [-0.15, -0.1) is 0 Å². The summed E-state index contributed by atoms with van der Waals surface area (Å²) in [7, 11) is 0. The van der Waals surface area contributed by atoms with E-state index in [1.165, 1.54) is 11.1 Å². The molecule has 1 amide bonds. The van der Waals surface area contributed by atoms with Gasteiger partial charge in [-0.3, -0.25) is 9.69 Å². The lowest BCUT2D eigenvalue weighted by Crippen LogP contribution is -2.47. The molecule has 162 valence electrons. The van der Waals surface area contributed by atoms with Crippen molar-refractivity contribution in [1.82, 2.24) is 9.80 Å². The van der Waals surface area contributed by atoms with Crippen LogP contribution in [0.15, 0.2) is 36.4 Å². The monoisotopic (exact) mass is 440 g/mol. The molecule has 7 heteroatoms. The van der Waals surface area contributed by atoms with Crippen LogP contribution in [0.5, 0.6) is 17.2 Å². The summed E-state index contributed by atoms with van der Waals surface area (Å²) in [4.78, 5) is 16.9. The normalized spacial score (nSPS) is 18.2. The largest absolute Gasteiger partial charge is 0.493 e. The van der Waals surface area contributed by atoms with E-state index in [0.717, 1.165) is 57.1 Å². The number of ether oxygens (including phenoxy) is 3. The molecule has 1 fully saturated rings. The molecule has 6 nitrogen and oxygen atoms in total. The topological polar surface area (TPSA) is 51.2 Å². The third-order valence-electron chi connectivity index (χ3n) is 5.88. The maximum atomic E-state index is 12.7. The van der Waals surface area contributed by atoms with Crippen molar-refractivity contribution < 1.29 is 19.0 Å². The van der Waals surface area contributed by atoms with Crippen LogP contribution in [0.3, 0.4) is 0 Å². The molecule has 0 saturated carbocycles. The fraction of sp³-hybridized carbons (Fsp3) is 0.375. The van der Waals surface area contributed by atoms with Crippen LogP contribution in [0.2, 0.25) is 5.02 Å². The average Bonchev–Trinajstić information content (AvgIpc) is 3.26. The van der Waals surface area contributed by atoms with Gasteiger partial charge in [0.15, 0.2) is 11.5 Å². The average molecular weight is 441 g/mol. The molecule has 3 heterocycles. The first kappa shape index (κ1) is 20.2. The highest BCUT2D eigenvalue weighted by Gasteiger charge is 2.21. The lowest BCUT2D eigenvalue weighted by atomic mass is 10.1. The minimum absolute atomic E-state index is 0.0142. The summed E-state index contributed by atoms with van der Waals surface area (Å²) in [5.41, 5.74) is 3.43. The molecule has 2 aromatic carbocycles. The van der Waals surface area contributed by atoms with Gasteiger partial charge < -0.3 is 19.1 Å². The van der Waals surface area contributed by atoms with E-state index in [1.807, 2.05) is 11.0 Å². The molecule has 5 rings (SSSR count). The Morgan fingerprint density at radius 3 is 2.65 bits per heavy atom. The van der Waals surface area contributed by atoms with E-state index in [9.17, 15) is 4.79 Å². The van der Waals surface area contributed by atoms with E-state index in [2.05, 4.69) is 23.1 Å². The maximum Gasteiger partial charge on any atom is 0.246 e. The molecular weight excluding hydrogens is 416 g/mol. The molecule has 0 N–H and O–H groups in total. The van der Waals surface area contributed by atoms with Crippen molar-refractivity contribution in [1.29, 1.82) is 0 Å². The number of hydrogen-bond acceptors (Lipinski definition) is 5. The van der Waals surface area contributed by atoms with Gasteiger partial charge in [0.25, 0.3) is 0 Å². The Bertz CT molecular complexity index is 1010. The molecule has 1 saturated heterocycles. The summed E-state index contributed by atoms with van der Waals surface area (Å²) in [5, 5.41) is 0.496. The zero-order valence-electron chi connectivity index (χ0n) is 17.3. The van der Waals surface area contributed by atoms with Crippen LogP contribution in [0.25, 0.3) is 6.08 Å². The number of halogens is 1. The Labute approximate surface area is 186 Å². The number of carbonyl (C=O) groups excluding carboxylic acids is 1. The summed E-state index contributed by atoms with van der Waals surface area (Å²) >= 11 is 6.28. The van der Waals surface area contributed by atoms with E-state index in [1.54, 1.807) is 18.2 Å². The van der Waals surface area contributed by atoms with Crippen LogP contribution in [0.4, 0.5) is 0 Å². The second-order valence-electron chi connectivity index (χ2n) is 8.00. The first-order valence-corrected chi connectivity index (χ1v) is 11.1. The summed E-state index contributed by atoms with van der Waals surface area (Å²) in [6.45, 7) is 5.85. The highest BCUT2D eigenvalue weighted by atomic mass is 35.5. The van der Waals surface area contributed by atoms with Crippen LogP contribution in [0.1, 0.15) is 16.7 Å². The molecule has 0 spiro atoms. The Balaban J connectivity index is 1.15. The number of fused-ring (bicyclic) bond motifs is 2. The molecule has 3 aliphatic rings. The van der Waals surface area contributed by atoms with Crippen LogP contribution >= 0.6 is 11.6 Å². The van der Waals surface area contributed by atoms with E-state index in [-0.39, 0.29) is 5.91 Å². The van der Waals surface area contributed by atoms with Gasteiger partial charge in [0.1, 0.15) is 19.0 Å².